The van der Waals surface area contributed by atoms with E-state index in [4.69, 9.17) is 0 Å². The third kappa shape index (κ3) is 2.88. The normalized spacial score (nSPS) is 25.4. The number of aromatic nitrogens is 2. The molecule has 1 fully saturated rings. The molecule has 2 aliphatic rings. The van der Waals surface area contributed by atoms with Gasteiger partial charge in [0.25, 0.3) is 0 Å². The first kappa shape index (κ1) is 16.1. The van der Waals surface area contributed by atoms with Crippen LogP contribution in [0.1, 0.15) is 44.0 Å². The predicted octanol–water partition coefficient (Wildman–Crippen LogP) is 3.72. The van der Waals surface area contributed by atoms with Crippen LogP contribution < -0.4 is 10.2 Å². The van der Waals surface area contributed by atoms with Crippen LogP contribution in [0.15, 0.2) is 36.7 Å². The topological polar surface area (TPSA) is 58.1 Å². The van der Waals surface area contributed by atoms with Gasteiger partial charge in [-0.2, -0.15) is 0 Å². The molecule has 4 rings (SSSR count). The van der Waals surface area contributed by atoms with Crippen molar-refractivity contribution in [3.63, 3.8) is 0 Å². The van der Waals surface area contributed by atoms with Crippen LogP contribution in [0, 0.1) is 18.8 Å². The number of nitrogens with zero attached hydrogens (tertiary/aromatic N) is 3. The van der Waals surface area contributed by atoms with Crippen molar-refractivity contribution in [2.45, 2.75) is 45.7 Å². The minimum Gasteiger partial charge on any atom is -0.362 e. The summed E-state index contributed by atoms with van der Waals surface area (Å²) in [6.45, 7) is 5.87. The molecule has 0 saturated heterocycles. The number of fused-ring (bicyclic) bond motifs is 1. The Morgan fingerprint density at radius 1 is 1.24 bits per heavy atom. The van der Waals surface area contributed by atoms with Crippen molar-refractivity contribution in [1.29, 1.82) is 0 Å². The molecule has 1 aromatic carbocycles. The van der Waals surface area contributed by atoms with E-state index in [1.807, 2.05) is 24.0 Å². The Morgan fingerprint density at radius 2 is 2.00 bits per heavy atom. The van der Waals surface area contributed by atoms with Crippen LogP contribution in [0.5, 0.6) is 0 Å². The van der Waals surface area contributed by atoms with Gasteiger partial charge < -0.3 is 10.2 Å². The molecule has 1 aromatic heterocycles. The fourth-order valence-electron chi connectivity index (χ4n) is 4.20. The van der Waals surface area contributed by atoms with Crippen molar-refractivity contribution in [3.8, 4) is 0 Å². The molecule has 2 heterocycles. The summed E-state index contributed by atoms with van der Waals surface area (Å²) in [5.41, 5.74) is 3.08. The van der Waals surface area contributed by atoms with E-state index >= 15 is 0 Å². The Bertz CT molecular complexity index is 802. The van der Waals surface area contributed by atoms with Gasteiger partial charge in [0.1, 0.15) is 5.82 Å². The number of hydrogen-bond donors (Lipinski definition) is 1. The van der Waals surface area contributed by atoms with E-state index < -0.39 is 0 Å². The highest BCUT2D eigenvalue weighted by Gasteiger charge is 2.47. The monoisotopic (exact) mass is 336 g/mol. The van der Waals surface area contributed by atoms with Gasteiger partial charge >= 0.3 is 0 Å². The zero-order valence-electron chi connectivity index (χ0n) is 14.9. The average molecular weight is 336 g/mol. The van der Waals surface area contributed by atoms with Crippen molar-refractivity contribution in [1.82, 2.24) is 9.97 Å². The lowest BCUT2D eigenvalue weighted by atomic mass is 9.80. The van der Waals surface area contributed by atoms with Crippen LogP contribution in [-0.2, 0) is 4.79 Å². The number of benzene rings is 1. The van der Waals surface area contributed by atoms with Gasteiger partial charge in [0.05, 0.1) is 17.9 Å². The highest BCUT2D eigenvalue weighted by Crippen LogP contribution is 2.49. The first-order valence-corrected chi connectivity index (χ1v) is 9.00. The van der Waals surface area contributed by atoms with E-state index in [1.54, 1.807) is 19.3 Å². The van der Waals surface area contributed by atoms with E-state index in [0.717, 1.165) is 22.8 Å². The lowest BCUT2D eigenvalue weighted by Crippen LogP contribution is -2.51. The van der Waals surface area contributed by atoms with Crippen LogP contribution in [0.25, 0.3) is 0 Å². The standard InChI is InChI=1S/C20H24N4O/c1-12-10-21-11-18(22-12)23-19-13(2)20(15-8-9-15)24(14(3)25)17-7-5-4-6-16(17)19/h4-7,10-11,13,15,19-20H,8-9H2,1-3H3,(H,22,23)/t13-,19-,20?/m1/s1. The Morgan fingerprint density at radius 3 is 2.68 bits per heavy atom. The summed E-state index contributed by atoms with van der Waals surface area (Å²) >= 11 is 0. The fourth-order valence-corrected chi connectivity index (χ4v) is 4.20. The molecule has 1 unspecified atom stereocenters. The summed E-state index contributed by atoms with van der Waals surface area (Å²) in [4.78, 5) is 23.3. The molecule has 0 radical (unpaired) electrons. The largest absolute Gasteiger partial charge is 0.362 e. The molecule has 3 atom stereocenters. The van der Waals surface area contributed by atoms with Crippen LogP contribution in [0.2, 0.25) is 0 Å². The molecule has 0 bridgehead atoms. The Kier molecular flexibility index (Phi) is 3.94. The van der Waals surface area contributed by atoms with E-state index in [-0.39, 0.29) is 18.0 Å². The third-order valence-corrected chi connectivity index (χ3v) is 5.40. The maximum absolute atomic E-state index is 12.4. The number of amides is 1. The second-order valence-electron chi connectivity index (χ2n) is 7.30. The molecule has 1 aliphatic carbocycles. The van der Waals surface area contributed by atoms with Gasteiger partial charge in [-0.15, -0.1) is 0 Å². The van der Waals surface area contributed by atoms with E-state index in [1.165, 1.54) is 12.8 Å². The van der Waals surface area contributed by atoms with Crippen molar-refractivity contribution in [2.75, 3.05) is 10.2 Å². The first-order valence-electron chi connectivity index (χ1n) is 9.00. The zero-order valence-corrected chi connectivity index (χ0v) is 14.9. The lowest BCUT2D eigenvalue weighted by Gasteiger charge is -2.45. The quantitative estimate of drug-likeness (QED) is 0.928. The molecule has 1 N–H and O–H groups in total. The van der Waals surface area contributed by atoms with Crippen molar-refractivity contribution < 1.29 is 4.79 Å². The van der Waals surface area contributed by atoms with Gasteiger partial charge in [-0.05, 0) is 37.3 Å². The van der Waals surface area contributed by atoms with Crippen LogP contribution >= 0.6 is 0 Å². The number of carbonyl (C=O) groups is 1. The molecule has 1 aliphatic heterocycles. The van der Waals surface area contributed by atoms with E-state index in [0.29, 0.717) is 11.8 Å². The minimum atomic E-state index is 0.119. The first-order chi connectivity index (χ1) is 12.1. The zero-order chi connectivity index (χ0) is 17.6. The SMILES string of the molecule is CC(=O)N1c2ccccc2[C@H](Nc2cncc(C)n2)[C@@H](C)C1C1CC1. The van der Waals surface area contributed by atoms with Crippen LogP contribution in [0.3, 0.4) is 0 Å². The van der Waals surface area contributed by atoms with Gasteiger partial charge in [-0.25, -0.2) is 4.98 Å². The van der Waals surface area contributed by atoms with Crippen LogP contribution in [-0.4, -0.2) is 21.9 Å². The summed E-state index contributed by atoms with van der Waals surface area (Å²) in [5.74, 6) is 1.82. The van der Waals surface area contributed by atoms with Gasteiger partial charge in [-0.3, -0.25) is 9.78 Å². The fraction of sp³-hybridized carbons (Fsp3) is 0.450. The highest BCUT2D eigenvalue weighted by molar-refractivity contribution is 5.94. The molecular weight excluding hydrogens is 312 g/mol. The Balaban J connectivity index is 1.77. The third-order valence-electron chi connectivity index (χ3n) is 5.40. The second kappa shape index (κ2) is 6.14. The molecular formula is C20H24N4O. The maximum Gasteiger partial charge on any atom is 0.224 e. The van der Waals surface area contributed by atoms with E-state index in [9.17, 15) is 4.79 Å². The number of rotatable bonds is 3. The summed E-state index contributed by atoms with van der Waals surface area (Å²) in [6, 6.07) is 8.59. The van der Waals surface area contributed by atoms with Crippen molar-refractivity contribution in [3.05, 3.63) is 47.9 Å². The van der Waals surface area contributed by atoms with Gasteiger partial charge in [0.2, 0.25) is 5.91 Å². The Labute approximate surface area is 148 Å². The summed E-state index contributed by atoms with van der Waals surface area (Å²) in [6.07, 6.45) is 5.94. The lowest BCUT2D eigenvalue weighted by molar-refractivity contribution is -0.117. The molecule has 2 aromatic rings. The second-order valence-corrected chi connectivity index (χ2v) is 7.30. The van der Waals surface area contributed by atoms with Gasteiger partial charge in [0, 0.05) is 30.8 Å². The number of para-hydroxylation sites is 1. The number of hydrogen-bond acceptors (Lipinski definition) is 4. The molecule has 1 saturated carbocycles. The number of nitrogens with one attached hydrogen (secondary N) is 1. The predicted molar refractivity (Wildman–Crippen MR) is 98.4 cm³/mol. The average Bonchev–Trinajstić information content (AvgIpc) is 3.41. The summed E-state index contributed by atoms with van der Waals surface area (Å²) < 4.78 is 0. The van der Waals surface area contributed by atoms with Gasteiger partial charge in [-0.1, -0.05) is 25.1 Å². The summed E-state index contributed by atoms with van der Waals surface area (Å²) in [5, 5.41) is 3.59. The van der Waals surface area contributed by atoms with Crippen molar-refractivity contribution >= 4 is 17.4 Å². The molecule has 1 amide bonds. The number of carbonyl (C=O) groups excluding carboxylic acids is 1. The van der Waals surface area contributed by atoms with E-state index in [2.05, 4.69) is 34.3 Å². The minimum absolute atomic E-state index is 0.119. The summed E-state index contributed by atoms with van der Waals surface area (Å²) in [7, 11) is 0. The molecule has 5 heteroatoms. The molecule has 25 heavy (non-hydrogen) atoms. The van der Waals surface area contributed by atoms with Crippen molar-refractivity contribution in [2.24, 2.45) is 11.8 Å². The van der Waals surface area contributed by atoms with Gasteiger partial charge in [0.15, 0.2) is 0 Å². The number of anilines is 2. The molecule has 0 spiro atoms. The highest BCUT2D eigenvalue weighted by atomic mass is 16.2. The Hall–Kier alpha value is -2.43. The number of aryl methyl sites for hydroxylation is 1. The molecule has 130 valence electrons. The maximum atomic E-state index is 12.4. The molecule has 5 nitrogen and oxygen atoms in total. The smallest absolute Gasteiger partial charge is 0.224 e. The van der Waals surface area contributed by atoms with Crippen LogP contribution in [0.4, 0.5) is 11.5 Å².